The molecule has 3 aliphatic carbocycles. The molecule has 5 rings (SSSR count). The summed E-state index contributed by atoms with van der Waals surface area (Å²) in [6, 6.07) is -3.15. The fraction of sp³-hybridized carbons (Fsp3) is 0.762. The first kappa shape index (κ1) is 25.0. The molecule has 34 heavy (non-hydrogen) atoms. The lowest BCUT2D eigenvalue weighted by atomic mass is 9.52. The molecule has 1 saturated heterocycles. The zero-order chi connectivity index (χ0) is 24.7. The first-order valence-corrected chi connectivity index (χ1v) is 12.9. The molecule has 1 aromatic rings. The highest BCUT2D eigenvalue weighted by Gasteiger charge is 2.55. The van der Waals surface area contributed by atoms with Gasteiger partial charge in [-0.3, -0.25) is 4.90 Å². The van der Waals surface area contributed by atoms with E-state index in [9.17, 15) is 22.0 Å². The average Bonchev–Trinajstić information content (AvgIpc) is 3.10. The van der Waals surface area contributed by atoms with Crippen LogP contribution in [0.4, 0.5) is 13.6 Å². The van der Waals surface area contributed by atoms with Gasteiger partial charge < -0.3 is 14.2 Å². The van der Waals surface area contributed by atoms with Crippen LogP contribution in [0.25, 0.3) is 0 Å². The molecular formula is C21H30F2N4O6S. The van der Waals surface area contributed by atoms with Crippen molar-refractivity contribution in [3.63, 3.8) is 0 Å². The van der Waals surface area contributed by atoms with Crippen LogP contribution in [0.15, 0.2) is 6.20 Å². The number of methoxy groups -OCH3 is 2. The summed E-state index contributed by atoms with van der Waals surface area (Å²) in [6.45, 7) is 1.87. The summed E-state index contributed by atoms with van der Waals surface area (Å²) in [4.78, 5) is 22.3. The largest absolute Gasteiger partial charge is 0.479 e. The predicted molar refractivity (Wildman–Crippen MR) is 116 cm³/mol. The number of aromatic nitrogens is 2. The van der Waals surface area contributed by atoms with E-state index in [4.69, 9.17) is 14.2 Å². The number of hydrogen-bond acceptors (Lipinski definition) is 8. The second-order valence-electron chi connectivity index (χ2n) is 9.39. The number of hydrogen-bond donors (Lipinski definition) is 1. The molecule has 0 spiro atoms. The van der Waals surface area contributed by atoms with Gasteiger partial charge in [0.15, 0.2) is 0 Å². The van der Waals surface area contributed by atoms with E-state index in [0.717, 1.165) is 31.9 Å². The van der Waals surface area contributed by atoms with Gasteiger partial charge in [0.25, 0.3) is 5.88 Å². The van der Waals surface area contributed by atoms with E-state index < -0.39 is 40.0 Å². The van der Waals surface area contributed by atoms with E-state index >= 15 is 0 Å². The Bertz CT molecular complexity index is 1020. The molecule has 1 N–H and O–H groups in total. The molecule has 1 amide bonds. The van der Waals surface area contributed by atoms with E-state index in [0.29, 0.717) is 12.2 Å². The number of halogens is 2. The Morgan fingerprint density at radius 2 is 2.09 bits per heavy atom. The predicted octanol–water partition coefficient (Wildman–Crippen LogP) is 1.90. The number of nitrogens with zero attached hydrogens (tertiary/aromatic N) is 3. The summed E-state index contributed by atoms with van der Waals surface area (Å²) >= 11 is 0. The Balaban J connectivity index is 1.42. The summed E-state index contributed by atoms with van der Waals surface area (Å²) in [7, 11) is -1.49. The molecule has 3 saturated carbocycles. The van der Waals surface area contributed by atoms with Crippen molar-refractivity contribution >= 4 is 16.1 Å². The number of nitrogens with one attached hydrogen (secondary N) is 1. The monoisotopic (exact) mass is 504 g/mol. The zero-order valence-electron chi connectivity index (χ0n) is 19.4. The molecule has 4 atom stereocenters. The smallest absolute Gasteiger partial charge is 0.410 e. The van der Waals surface area contributed by atoms with Crippen molar-refractivity contribution in [2.75, 3.05) is 26.8 Å². The number of likely N-dealkylation sites (tertiary alicyclic amines) is 1. The van der Waals surface area contributed by atoms with Crippen LogP contribution in [0.3, 0.4) is 0 Å². The molecule has 1 aromatic heterocycles. The van der Waals surface area contributed by atoms with Crippen molar-refractivity contribution in [3.05, 3.63) is 17.8 Å². The summed E-state index contributed by atoms with van der Waals surface area (Å²) in [5.41, 5.74) is -0.231. The molecular weight excluding hydrogens is 474 g/mol. The molecule has 190 valence electrons. The van der Waals surface area contributed by atoms with Gasteiger partial charge in [-0.15, -0.1) is 0 Å². The lowest BCUT2D eigenvalue weighted by Gasteiger charge is -2.54. The van der Waals surface area contributed by atoms with Crippen LogP contribution in [0.1, 0.15) is 44.9 Å². The van der Waals surface area contributed by atoms with Gasteiger partial charge in [-0.2, -0.15) is 9.37 Å². The van der Waals surface area contributed by atoms with Gasteiger partial charge in [0, 0.05) is 17.5 Å². The minimum Gasteiger partial charge on any atom is -0.479 e. The number of carbonyl (C=O) groups excluding carboxylic acids is 1. The maximum Gasteiger partial charge on any atom is 0.410 e. The highest BCUT2D eigenvalue weighted by Crippen LogP contribution is 2.57. The Labute approximate surface area is 197 Å². The highest BCUT2D eigenvalue weighted by molar-refractivity contribution is 7.89. The molecule has 1 aliphatic heterocycles. The molecule has 2 heterocycles. The van der Waals surface area contributed by atoms with Crippen LogP contribution in [-0.4, -0.2) is 80.4 Å². The fourth-order valence-electron chi connectivity index (χ4n) is 5.72. The molecule has 13 heteroatoms. The zero-order valence-corrected chi connectivity index (χ0v) is 20.2. The Hall–Kier alpha value is -2.12. The summed E-state index contributed by atoms with van der Waals surface area (Å²) in [5, 5.41) is 0. The van der Waals surface area contributed by atoms with E-state index in [1.807, 2.05) is 0 Å². The van der Waals surface area contributed by atoms with Crippen LogP contribution in [0.5, 0.6) is 5.88 Å². The maximum absolute atomic E-state index is 13.7. The third-order valence-electron chi connectivity index (χ3n) is 7.35. The van der Waals surface area contributed by atoms with E-state index in [-0.39, 0.29) is 36.0 Å². The topological polar surface area (TPSA) is 120 Å². The number of ether oxygens (including phenoxy) is 3. The van der Waals surface area contributed by atoms with Crippen molar-refractivity contribution in [1.82, 2.24) is 19.6 Å². The third-order valence-corrected chi connectivity index (χ3v) is 8.30. The van der Waals surface area contributed by atoms with Crippen LogP contribution < -0.4 is 9.46 Å². The number of carbonyl (C=O) groups is 1. The van der Waals surface area contributed by atoms with Crippen LogP contribution >= 0.6 is 0 Å². The van der Waals surface area contributed by atoms with Crippen molar-refractivity contribution in [3.8, 4) is 5.88 Å². The first-order valence-electron chi connectivity index (χ1n) is 11.2. The van der Waals surface area contributed by atoms with E-state index in [1.54, 1.807) is 6.92 Å². The van der Waals surface area contributed by atoms with Gasteiger partial charge >= 0.3 is 6.09 Å². The number of alkyl halides is 1. The van der Waals surface area contributed by atoms with Crippen molar-refractivity contribution in [1.29, 1.82) is 0 Å². The molecule has 10 nitrogen and oxygen atoms in total. The second kappa shape index (κ2) is 9.50. The Morgan fingerprint density at radius 1 is 1.35 bits per heavy atom. The SMILES string of the molecule is COC(=O)N1[C@H](C)C[C@H](NS(=O)(=O)CF)[C@@H]1COC1CCC2(c3ncc(F)c(OC)n3)CC1C2. The van der Waals surface area contributed by atoms with Gasteiger partial charge in [0.2, 0.25) is 21.8 Å². The number of sulfonamides is 1. The molecule has 4 aliphatic rings. The lowest BCUT2D eigenvalue weighted by molar-refractivity contribution is -0.102. The third kappa shape index (κ3) is 4.57. The van der Waals surface area contributed by atoms with E-state index in [2.05, 4.69) is 14.7 Å². The van der Waals surface area contributed by atoms with Crippen LogP contribution in [0, 0.1) is 11.7 Å². The number of rotatable bonds is 8. The average molecular weight is 505 g/mol. The van der Waals surface area contributed by atoms with Gasteiger partial charge in [-0.05, 0) is 44.9 Å². The Morgan fingerprint density at radius 3 is 2.68 bits per heavy atom. The molecule has 0 radical (unpaired) electrons. The summed E-state index contributed by atoms with van der Waals surface area (Å²) in [6.07, 6.45) is 3.82. The normalized spacial score (nSPS) is 32.9. The summed E-state index contributed by atoms with van der Waals surface area (Å²) in [5.74, 6) is 0.137. The van der Waals surface area contributed by atoms with Gasteiger partial charge in [-0.1, -0.05) is 0 Å². The molecule has 4 fully saturated rings. The van der Waals surface area contributed by atoms with Crippen molar-refractivity contribution in [2.45, 2.75) is 68.7 Å². The van der Waals surface area contributed by atoms with Gasteiger partial charge in [-0.25, -0.2) is 27.3 Å². The maximum atomic E-state index is 13.7. The van der Waals surface area contributed by atoms with Gasteiger partial charge in [0.1, 0.15) is 5.82 Å². The minimum atomic E-state index is -4.11. The van der Waals surface area contributed by atoms with Crippen molar-refractivity contribution in [2.24, 2.45) is 5.92 Å². The molecule has 1 unspecified atom stereocenters. The highest BCUT2D eigenvalue weighted by atomic mass is 32.2. The Kier molecular flexibility index (Phi) is 6.98. The molecule has 2 bridgehead atoms. The van der Waals surface area contributed by atoms with Crippen LogP contribution in [-0.2, 0) is 24.9 Å². The van der Waals surface area contributed by atoms with Gasteiger partial charge in [0.05, 0.1) is 39.2 Å². The standard InChI is InChI=1S/C21H30F2N4O6S/c1-12-6-15(26-34(29,30)11-22)16(27(12)20(28)32-3)10-33-17-4-5-21(7-13(17)8-21)19-24-9-14(23)18(25-19)31-2/h9,12-13,15-17,26H,4-8,10-11H2,1-3H3/t12-,13?,15+,16+,17?,21?/m1/s1. The first-order chi connectivity index (χ1) is 16.1. The number of amides is 1. The molecule has 0 aromatic carbocycles. The fourth-order valence-corrected chi connectivity index (χ4v) is 6.49. The number of fused-ring (bicyclic) bond motifs is 2. The lowest BCUT2D eigenvalue weighted by Crippen LogP contribution is -2.55. The minimum absolute atomic E-state index is 0.0683. The van der Waals surface area contributed by atoms with Crippen molar-refractivity contribution < 1.29 is 36.2 Å². The quantitative estimate of drug-likeness (QED) is 0.570. The summed E-state index contributed by atoms with van der Waals surface area (Å²) < 4.78 is 68.8. The van der Waals surface area contributed by atoms with Crippen LogP contribution in [0.2, 0.25) is 0 Å². The van der Waals surface area contributed by atoms with E-state index in [1.165, 1.54) is 19.1 Å². The second-order valence-corrected chi connectivity index (χ2v) is 11.1.